The summed E-state index contributed by atoms with van der Waals surface area (Å²) in [6.45, 7) is 0.294. The van der Waals surface area contributed by atoms with Crippen molar-refractivity contribution in [2.24, 2.45) is 0 Å². The zero-order valence-electron chi connectivity index (χ0n) is 15.1. The fourth-order valence-electron chi connectivity index (χ4n) is 2.17. The number of carbonyl (C=O) groups excluding carboxylic acids is 1. The van der Waals surface area contributed by atoms with E-state index in [-0.39, 0.29) is 47.4 Å². The summed E-state index contributed by atoms with van der Waals surface area (Å²) in [6, 6.07) is 1.25. The minimum Gasteiger partial charge on any atom is -0.488 e. The van der Waals surface area contributed by atoms with Crippen molar-refractivity contribution in [2.45, 2.75) is 6.18 Å². The van der Waals surface area contributed by atoms with Gasteiger partial charge in [0.2, 0.25) is 16.0 Å². The largest absolute Gasteiger partial charge is 0.488 e. The van der Waals surface area contributed by atoms with Crippen LogP contribution < -0.4 is 15.4 Å². The van der Waals surface area contributed by atoms with Gasteiger partial charge in [0.1, 0.15) is 12.9 Å². The van der Waals surface area contributed by atoms with Crippen LogP contribution in [-0.2, 0) is 10.9 Å². The molecule has 0 saturated carbocycles. The Morgan fingerprint density at radius 3 is 2.67 bits per heavy atom. The molecule has 2 amide bonds. The first kappa shape index (κ1) is 21.4. The SMILES string of the molecule is COCCOc1cc(-c2ncco2)c(NC(=O)Nc2nnc(C(F)(F)F)s2)cc1F. The molecule has 14 heteroatoms. The molecule has 3 aromatic rings. The van der Waals surface area contributed by atoms with Gasteiger partial charge in [-0.25, -0.2) is 14.2 Å². The number of oxazole rings is 1. The molecule has 2 aromatic heterocycles. The van der Waals surface area contributed by atoms with Gasteiger partial charge in [-0.15, -0.1) is 10.2 Å². The first-order chi connectivity index (χ1) is 14.3. The maximum Gasteiger partial charge on any atom is 0.445 e. The van der Waals surface area contributed by atoms with Crippen molar-refractivity contribution in [1.82, 2.24) is 15.2 Å². The fourth-order valence-corrected chi connectivity index (χ4v) is 2.78. The molecular weight excluding hydrogens is 434 g/mol. The van der Waals surface area contributed by atoms with Gasteiger partial charge < -0.3 is 19.2 Å². The number of rotatable bonds is 7. The Labute approximate surface area is 170 Å². The summed E-state index contributed by atoms with van der Waals surface area (Å²) in [4.78, 5) is 16.1. The van der Waals surface area contributed by atoms with E-state index >= 15 is 0 Å². The lowest BCUT2D eigenvalue weighted by Crippen LogP contribution is -2.20. The average molecular weight is 447 g/mol. The summed E-state index contributed by atoms with van der Waals surface area (Å²) in [7, 11) is 1.46. The second kappa shape index (κ2) is 9.04. The minimum atomic E-state index is -4.69. The number of amides is 2. The summed E-state index contributed by atoms with van der Waals surface area (Å²) in [5.41, 5.74) is 0.115. The van der Waals surface area contributed by atoms with Gasteiger partial charge in [0.25, 0.3) is 0 Å². The van der Waals surface area contributed by atoms with E-state index in [2.05, 4.69) is 25.8 Å². The number of nitrogens with zero attached hydrogens (tertiary/aromatic N) is 3. The lowest BCUT2D eigenvalue weighted by molar-refractivity contribution is -0.138. The first-order valence-electron chi connectivity index (χ1n) is 8.11. The van der Waals surface area contributed by atoms with Crippen molar-refractivity contribution in [3.05, 3.63) is 35.4 Å². The molecule has 0 fully saturated rings. The Bertz CT molecular complexity index is 1010. The zero-order chi connectivity index (χ0) is 21.7. The van der Waals surface area contributed by atoms with Gasteiger partial charge in [0.05, 0.1) is 24.1 Å². The van der Waals surface area contributed by atoms with Crippen molar-refractivity contribution in [3.8, 4) is 17.2 Å². The monoisotopic (exact) mass is 447 g/mol. The summed E-state index contributed by atoms with van der Waals surface area (Å²) < 4.78 is 67.5. The maximum absolute atomic E-state index is 14.4. The van der Waals surface area contributed by atoms with Crippen molar-refractivity contribution < 1.29 is 36.2 Å². The van der Waals surface area contributed by atoms with Crippen molar-refractivity contribution >= 4 is 28.2 Å². The highest BCUT2D eigenvalue weighted by molar-refractivity contribution is 7.15. The number of benzene rings is 1. The number of urea groups is 1. The molecule has 0 atom stereocenters. The van der Waals surface area contributed by atoms with Crippen molar-refractivity contribution in [1.29, 1.82) is 0 Å². The van der Waals surface area contributed by atoms with Crippen LogP contribution in [-0.4, -0.2) is 41.5 Å². The predicted octanol–water partition coefficient (Wildman–Crippen LogP) is 4.02. The summed E-state index contributed by atoms with van der Waals surface area (Å²) in [5.74, 6) is -0.880. The number of alkyl halides is 3. The highest BCUT2D eigenvalue weighted by atomic mass is 32.1. The number of hydrogen-bond donors (Lipinski definition) is 2. The Kier molecular flexibility index (Phi) is 6.47. The number of halogens is 4. The summed E-state index contributed by atoms with van der Waals surface area (Å²) in [5, 5.41) is 9.02. The standard InChI is InChI=1S/C16H13F4N5O4S/c1-27-4-5-28-11-6-8(12-21-2-3-29-12)10(7-9(11)17)22-14(26)23-15-25-24-13(30-15)16(18,19)20/h2-3,6-7H,4-5H2,1H3,(H2,22,23,25,26). The van der Waals surface area contributed by atoms with Gasteiger partial charge in [-0.2, -0.15) is 13.2 Å². The van der Waals surface area contributed by atoms with Crippen LogP contribution in [0.25, 0.3) is 11.5 Å². The van der Waals surface area contributed by atoms with Crippen LogP contribution >= 0.6 is 11.3 Å². The number of hydrogen-bond acceptors (Lipinski definition) is 8. The summed E-state index contributed by atoms with van der Waals surface area (Å²) >= 11 is 0.142. The van der Waals surface area contributed by atoms with E-state index in [9.17, 15) is 22.4 Å². The minimum absolute atomic E-state index is 0.0529. The van der Waals surface area contributed by atoms with Crippen LogP contribution in [0.2, 0.25) is 0 Å². The number of methoxy groups -OCH3 is 1. The van der Waals surface area contributed by atoms with Crippen molar-refractivity contribution in [2.75, 3.05) is 31.0 Å². The number of ether oxygens (including phenoxy) is 2. The highest BCUT2D eigenvalue weighted by Gasteiger charge is 2.35. The second-order valence-corrected chi connectivity index (χ2v) is 6.47. The molecule has 0 unspecified atom stereocenters. The molecule has 0 aliphatic rings. The van der Waals surface area contributed by atoms with Crippen LogP contribution in [0, 0.1) is 5.82 Å². The Hall–Kier alpha value is -3.26. The second-order valence-electron chi connectivity index (χ2n) is 5.50. The number of anilines is 2. The summed E-state index contributed by atoms with van der Waals surface area (Å²) in [6.07, 6.45) is -2.07. The Morgan fingerprint density at radius 2 is 2.03 bits per heavy atom. The highest BCUT2D eigenvalue weighted by Crippen LogP contribution is 2.35. The van der Waals surface area contributed by atoms with Crippen LogP contribution in [0.4, 0.5) is 33.2 Å². The van der Waals surface area contributed by atoms with Crippen LogP contribution in [0.15, 0.2) is 29.0 Å². The van der Waals surface area contributed by atoms with Crippen LogP contribution in [0.1, 0.15) is 5.01 Å². The maximum atomic E-state index is 14.4. The Morgan fingerprint density at radius 1 is 1.23 bits per heavy atom. The molecule has 160 valence electrons. The first-order valence-corrected chi connectivity index (χ1v) is 8.93. The molecule has 9 nitrogen and oxygen atoms in total. The van der Waals surface area contributed by atoms with E-state index in [1.54, 1.807) is 0 Å². The molecule has 0 spiro atoms. The lowest BCUT2D eigenvalue weighted by Gasteiger charge is -2.13. The van der Waals surface area contributed by atoms with Crippen molar-refractivity contribution in [3.63, 3.8) is 0 Å². The molecule has 0 bridgehead atoms. The quantitative estimate of drug-likeness (QED) is 0.416. The Balaban J connectivity index is 1.81. The third-order valence-corrected chi connectivity index (χ3v) is 4.30. The van der Waals surface area contributed by atoms with E-state index in [1.165, 1.54) is 25.6 Å². The molecule has 2 heterocycles. The van der Waals surface area contributed by atoms with E-state index in [4.69, 9.17) is 13.9 Å². The van der Waals surface area contributed by atoms with E-state index < -0.39 is 28.2 Å². The van der Waals surface area contributed by atoms with Gasteiger partial charge in [0, 0.05) is 13.2 Å². The number of nitrogens with one attached hydrogen (secondary N) is 2. The molecule has 0 aliphatic heterocycles. The van der Waals surface area contributed by atoms with E-state index in [0.717, 1.165) is 6.07 Å². The average Bonchev–Trinajstić information content (AvgIpc) is 3.35. The van der Waals surface area contributed by atoms with Gasteiger partial charge in [-0.3, -0.25) is 5.32 Å². The van der Waals surface area contributed by atoms with E-state index in [0.29, 0.717) is 0 Å². The van der Waals surface area contributed by atoms with Crippen LogP contribution in [0.5, 0.6) is 5.75 Å². The fraction of sp³-hybridized carbons (Fsp3) is 0.250. The van der Waals surface area contributed by atoms with Gasteiger partial charge in [0.15, 0.2) is 11.6 Å². The molecule has 0 aliphatic carbocycles. The van der Waals surface area contributed by atoms with Crippen LogP contribution in [0.3, 0.4) is 0 Å². The van der Waals surface area contributed by atoms with Gasteiger partial charge in [-0.05, 0) is 6.07 Å². The molecular formula is C16H13F4N5O4S. The predicted molar refractivity (Wildman–Crippen MR) is 96.8 cm³/mol. The number of aromatic nitrogens is 3. The third-order valence-electron chi connectivity index (χ3n) is 3.42. The molecule has 2 N–H and O–H groups in total. The lowest BCUT2D eigenvalue weighted by atomic mass is 10.1. The van der Waals surface area contributed by atoms with Gasteiger partial charge >= 0.3 is 12.2 Å². The number of carbonyl (C=O) groups is 1. The molecule has 0 saturated heterocycles. The molecule has 3 rings (SSSR count). The molecule has 1 aromatic carbocycles. The van der Waals surface area contributed by atoms with Gasteiger partial charge in [-0.1, -0.05) is 11.3 Å². The zero-order valence-corrected chi connectivity index (χ0v) is 15.9. The topological polar surface area (TPSA) is 111 Å². The third kappa shape index (κ3) is 5.21. The normalized spacial score (nSPS) is 11.4. The van der Waals surface area contributed by atoms with E-state index in [1.807, 2.05) is 0 Å². The molecule has 30 heavy (non-hydrogen) atoms. The molecule has 0 radical (unpaired) electrons. The smallest absolute Gasteiger partial charge is 0.445 e.